The second-order valence-electron chi connectivity index (χ2n) is 6.12. The summed E-state index contributed by atoms with van der Waals surface area (Å²) in [6.07, 6.45) is -4.77. The van der Waals surface area contributed by atoms with Crippen LogP contribution in [-0.4, -0.2) is 58.9 Å². The van der Waals surface area contributed by atoms with Gasteiger partial charge in [0.25, 0.3) is 5.91 Å². The maximum atomic E-state index is 13.0. The molecule has 7 nitrogen and oxygen atoms in total. The lowest BCUT2D eigenvalue weighted by Crippen LogP contribution is -2.36. The number of ether oxygens (including phenoxy) is 1. The smallest absolute Gasteiger partial charge is 0.406 e. The van der Waals surface area contributed by atoms with Crippen molar-refractivity contribution < 1.29 is 22.7 Å². The van der Waals surface area contributed by atoms with Gasteiger partial charge in [-0.15, -0.1) is 18.3 Å². The van der Waals surface area contributed by atoms with Crippen molar-refractivity contribution in [3.63, 3.8) is 0 Å². The van der Waals surface area contributed by atoms with Crippen molar-refractivity contribution in [3.8, 4) is 5.75 Å². The van der Waals surface area contributed by atoms with E-state index in [1.807, 2.05) is 19.0 Å². The van der Waals surface area contributed by atoms with Crippen LogP contribution in [0.25, 0.3) is 10.2 Å². The van der Waals surface area contributed by atoms with Gasteiger partial charge in [0.2, 0.25) is 0 Å². The molecule has 2 heterocycles. The van der Waals surface area contributed by atoms with Gasteiger partial charge in [-0.2, -0.15) is 0 Å². The molecule has 1 aromatic carbocycles. The molecule has 0 unspecified atom stereocenters. The third kappa shape index (κ3) is 4.75. The summed E-state index contributed by atoms with van der Waals surface area (Å²) in [6.45, 7) is 2.63. The molecular weight excluding hydrogens is 415 g/mol. The van der Waals surface area contributed by atoms with E-state index in [1.165, 1.54) is 23.1 Å². The molecule has 0 aliphatic carbocycles. The number of thiazole rings is 1. The minimum Gasteiger partial charge on any atom is -0.406 e. The van der Waals surface area contributed by atoms with Crippen LogP contribution >= 0.6 is 22.9 Å². The maximum absolute atomic E-state index is 13.0. The van der Waals surface area contributed by atoms with E-state index in [2.05, 4.69) is 19.3 Å². The van der Waals surface area contributed by atoms with Crippen LogP contribution in [0.15, 0.2) is 18.2 Å². The number of aromatic nitrogens is 3. The van der Waals surface area contributed by atoms with Crippen LogP contribution in [0.3, 0.4) is 0 Å². The Balaban J connectivity index is 1.95. The van der Waals surface area contributed by atoms with Gasteiger partial charge in [-0.05, 0) is 44.7 Å². The molecule has 0 bridgehead atoms. The first-order chi connectivity index (χ1) is 13.1. The van der Waals surface area contributed by atoms with Crippen molar-refractivity contribution in [1.29, 1.82) is 0 Å². The Morgan fingerprint density at radius 3 is 2.61 bits per heavy atom. The lowest BCUT2D eigenvalue weighted by Gasteiger charge is -2.21. The Morgan fingerprint density at radius 1 is 1.25 bits per heavy atom. The number of anilines is 1. The highest BCUT2D eigenvalue weighted by Crippen LogP contribution is 2.34. The number of carbonyl (C=O) groups excluding carboxylic acids is 1. The molecular formula is C16H16F3N5O2S2. The molecule has 12 heteroatoms. The fraction of sp³-hybridized carbons (Fsp3) is 0.375. The summed E-state index contributed by atoms with van der Waals surface area (Å²) in [7, 11) is 3.75. The van der Waals surface area contributed by atoms with E-state index in [0.717, 1.165) is 22.9 Å². The summed E-state index contributed by atoms with van der Waals surface area (Å²) in [4.78, 5) is 21.2. The lowest BCUT2D eigenvalue weighted by atomic mass is 10.3. The Labute approximate surface area is 166 Å². The van der Waals surface area contributed by atoms with Crippen molar-refractivity contribution in [2.45, 2.75) is 13.3 Å². The first-order valence-corrected chi connectivity index (χ1v) is 9.65. The number of rotatable bonds is 6. The summed E-state index contributed by atoms with van der Waals surface area (Å²) in [6, 6.07) is 3.89. The van der Waals surface area contributed by atoms with E-state index in [-0.39, 0.29) is 11.7 Å². The topological polar surface area (TPSA) is 71.5 Å². The number of hydrogen-bond acceptors (Lipinski definition) is 8. The normalized spacial score (nSPS) is 12.0. The zero-order chi connectivity index (χ0) is 20.5. The van der Waals surface area contributed by atoms with Crippen molar-refractivity contribution in [1.82, 2.24) is 19.5 Å². The number of carbonyl (C=O) groups is 1. The molecule has 0 radical (unpaired) electrons. The van der Waals surface area contributed by atoms with Gasteiger partial charge >= 0.3 is 6.36 Å². The first-order valence-electron chi connectivity index (χ1n) is 8.06. The minimum absolute atomic E-state index is 0.292. The predicted octanol–water partition coefficient (Wildman–Crippen LogP) is 3.56. The molecule has 0 atom stereocenters. The number of hydrogen-bond donors (Lipinski definition) is 0. The molecule has 0 spiro atoms. The van der Waals surface area contributed by atoms with Crippen molar-refractivity contribution in [3.05, 3.63) is 28.8 Å². The minimum atomic E-state index is -4.77. The van der Waals surface area contributed by atoms with Gasteiger partial charge in [0.1, 0.15) is 10.6 Å². The van der Waals surface area contributed by atoms with Crippen molar-refractivity contribution >= 4 is 44.1 Å². The van der Waals surface area contributed by atoms with Gasteiger partial charge in [0, 0.05) is 19.2 Å². The molecule has 2 aromatic heterocycles. The van der Waals surface area contributed by atoms with E-state index in [0.29, 0.717) is 39.0 Å². The molecule has 1 amide bonds. The van der Waals surface area contributed by atoms with E-state index < -0.39 is 6.36 Å². The Hall–Kier alpha value is -2.31. The van der Waals surface area contributed by atoms with E-state index >= 15 is 0 Å². The zero-order valence-electron chi connectivity index (χ0n) is 15.1. The average Bonchev–Trinajstić information content (AvgIpc) is 3.18. The van der Waals surface area contributed by atoms with Crippen LogP contribution in [0.4, 0.5) is 18.3 Å². The number of likely N-dealkylation sites (N-methyl/N-ethyl adjacent to an activating group) is 1. The third-order valence-corrected chi connectivity index (χ3v) is 5.53. The number of alkyl halides is 3. The number of halogens is 3. The van der Waals surface area contributed by atoms with Gasteiger partial charge in [-0.25, -0.2) is 4.98 Å². The number of nitrogens with zero attached hydrogens (tertiary/aromatic N) is 5. The molecule has 0 N–H and O–H groups in total. The summed E-state index contributed by atoms with van der Waals surface area (Å²) in [5.41, 5.74) is 1.00. The first kappa shape index (κ1) is 20.4. The average molecular weight is 431 g/mol. The molecule has 3 rings (SSSR count). The maximum Gasteiger partial charge on any atom is 0.573 e. The SMILES string of the molecule is Cc1nnsc1C(=O)N(CCN(C)C)c1nc2ccc(OC(F)(F)F)cc2s1. The third-order valence-electron chi connectivity index (χ3n) is 3.67. The highest BCUT2D eigenvalue weighted by atomic mass is 32.1. The number of benzene rings is 1. The summed E-state index contributed by atoms with van der Waals surface area (Å²) < 4.78 is 45.6. The number of amides is 1. The van der Waals surface area contributed by atoms with E-state index in [9.17, 15) is 18.0 Å². The number of aryl methyl sites for hydroxylation is 1. The molecule has 0 saturated carbocycles. The quantitative estimate of drug-likeness (QED) is 0.594. The monoisotopic (exact) mass is 431 g/mol. The largest absolute Gasteiger partial charge is 0.573 e. The van der Waals surface area contributed by atoms with Crippen LogP contribution in [0, 0.1) is 6.92 Å². The fourth-order valence-electron chi connectivity index (χ4n) is 2.34. The summed E-state index contributed by atoms with van der Waals surface area (Å²) >= 11 is 2.12. The molecule has 0 saturated heterocycles. The van der Waals surface area contributed by atoms with Crippen LogP contribution in [0.1, 0.15) is 15.4 Å². The summed E-state index contributed by atoms with van der Waals surface area (Å²) in [5.74, 6) is -0.621. The van der Waals surface area contributed by atoms with Crippen LogP contribution in [0.2, 0.25) is 0 Å². The molecule has 0 aliphatic rings. The van der Waals surface area contributed by atoms with Gasteiger partial charge in [0.05, 0.1) is 15.9 Å². The fourth-order valence-corrected chi connectivity index (χ4v) is 3.96. The summed E-state index contributed by atoms with van der Waals surface area (Å²) in [5, 5.41) is 4.26. The molecule has 28 heavy (non-hydrogen) atoms. The van der Waals surface area contributed by atoms with Gasteiger partial charge in [0.15, 0.2) is 5.13 Å². The predicted molar refractivity (Wildman–Crippen MR) is 101 cm³/mol. The Morgan fingerprint density at radius 2 is 2.00 bits per heavy atom. The molecule has 0 fully saturated rings. The highest BCUT2D eigenvalue weighted by Gasteiger charge is 2.31. The molecule has 0 aliphatic heterocycles. The van der Waals surface area contributed by atoms with Crippen LogP contribution < -0.4 is 9.64 Å². The van der Waals surface area contributed by atoms with Crippen LogP contribution in [-0.2, 0) is 0 Å². The standard InChI is InChI=1S/C16H16F3N5O2S2/c1-9-13(28-22-21-9)14(25)24(7-6-23(2)3)15-20-11-5-4-10(8-12(11)27-15)26-16(17,18)19/h4-5,8H,6-7H2,1-3H3. The molecule has 3 aromatic rings. The van der Waals surface area contributed by atoms with Gasteiger partial charge in [-0.1, -0.05) is 15.8 Å². The van der Waals surface area contributed by atoms with Gasteiger partial charge < -0.3 is 9.64 Å². The second kappa shape index (κ2) is 7.97. The van der Waals surface area contributed by atoms with E-state index in [1.54, 1.807) is 6.92 Å². The van der Waals surface area contributed by atoms with Crippen molar-refractivity contribution in [2.24, 2.45) is 0 Å². The highest BCUT2D eigenvalue weighted by molar-refractivity contribution is 7.22. The zero-order valence-corrected chi connectivity index (χ0v) is 16.8. The Bertz CT molecular complexity index is 986. The second-order valence-corrected chi connectivity index (χ2v) is 7.88. The van der Waals surface area contributed by atoms with E-state index in [4.69, 9.17) is 0 Å². The van der Waals surface area contributed by atoms with Crippen LogP contribution in [0.5, 0.6) is 5.75 Å². The van der Waals surface area contributed by atoms with Crippen molar-refractivity contribution in [2.75, 3.05) is 32.1 Å². The Kier molecular flexibility index (Phi) is 5.82. The number of fused-ring (bicyclic) bond motifs is 1. The van der Waals surface area contributed by atoms with Gasteiger partial charge in [-0.3, -0.25) is 9.69 Å². The lowest BCUT2D eigenvalue weighted by molar-refractivity contribution is -0.274. The molecule has 150 valence electrons.